The number of rotatable bonds is 0. The molecule has 0 aromatic carbocycles. The maximum absolute atomic E-state index is 8.55. The third kappa shape index (κ3) is 75.7. The Morgan fingerprint density at radius 1 is 1.12 bits per heavy atom. The van der Waals surface area contributed by atoms with E-state index in [-0.39, 0.29) is 74.6 Å². The van der Waals surface area contributed by atoms with Gasteiger partial charge >= 0.3 is 55.1 Å². The van der Waals surface area contributed by atoms with Gasteiger partial charge in [0.2, 0.25) is 0 Å². The molecule has 0 bridgehead atoms. The van der Waals surface area contributed by atoms with E-state index in [9.17, 15) is 0 Å². The Hall–Kier alpha value is 2.53. The molecule has 0 heterocycles. The van der Waals surface area contributed by atoms with E-state index in [1.54, 1.807) is 0 Å². The number of phosphoric acid groups is 1. The van der Waals surface area contributed by atoms with Crippen LogP contribution in [0.1, 0.15) is 0 Å². The van der Waals surface area contributed by atoms with Crippen LogP contribution in [0.25, 0.3) is 0 Å². The van der Waals surface area contributed by atoms with Crippen molar-refractivity contribution in [1.29, 1.82) is 0 Å². The molecule has 0 rings (SSSR count). The Morgan fingerprint density at radius 3 is 1.12 bits per heavy atom. The Morgan fingerprint density at radius 2 is 1.12 bits per heavy atom. The fourth-order valence-corrected chi connectivity index (χ4v) is 0. The molecular formula is H2AlCaO4PZn. The van der Waals surface area contributed by atoms with Crippen LogP contribution in [0, 0.1) is 0 Å². The zero-order valence-corrected chi connectivity index (χ0v) is 8.38. The first kappa shape index (κ1) is 22.4. The molecule has 0 radical (unpaired) electrons. The maximum atomic E-state index is 8.55. The van der Waals surface area contributed by atoms with Gasteiger partial charge in [0.15, 0.2) is 0 Å². The van der Waals surface area contributed by atoms with Crippen LogP contribution >= 0.6 is 7.82 Å². The Kier molecular flexibility index (Phi) is 26.7. The summed E-state index contributed by atoms with van der Waals surface area (Å²) in [6, 6.07) is 0. The van der Waals surface area contributed by atoms with Crippen LogP contribution in [-0.2, 0) is 24.0 Å². The summed E-state index contributed by atoms with van der Waals surface area (Å²) in [5, 5.41) is 0. The Labute approximate surface area is 100 Å². The van der Waals surface area contributed by atoms with Crippen molar-refractivity contribution in [2.75, 3.05) is 0 Å². The topological polar surface area (TPSA) is 86.2 Å². The zero-order chi connectivity index (χ0) is 4.50. The van der Waals surface area contributed by atoms with E-state index in [1.807, 2.05) is 0 Å². The van der Waals surface area contributed by atoms with Gasteiger partial charge in [0.1, 0.15) is 0 Å². The molecule has 0 aliphatic rings. The van der Waals surface area contributed by atoms with Gasteiger partial charge in [0, 0.05) is 19.5 Å². The summed E-state index contributed by atoms with van der Waals surface area (Å²) >= 11 is 0. The van der Waals surface area contributed by atoms with Crippen LogP contribution in [0.4, 0.5) is 0 Å². The summed E-state index contributed by atoms with van der Waals surface area (Å²) in [5.74, 6) is 0. The first-order chi connectivity index (χ1) is 2.00. The molecule has 0 spiro atoms. The van der Waals surface area contributed by atoms with Gasteiger partial charge in [0.05, 0.1) is 0 Å². The van der Waals surface area contributed by atoms with Gasteiger partial charge in [0.25, 0.3) is 0 Å². The van der Waals surface area contributed by atoms with Gasteiger partial charge in [-0.25, -0.2) is 0 Å². The summed E-state index contributed by atoms with van der Waals surface area (Å²) in [5.41, 5.74) is 0. The summed E-state index contributed by atoms with van der Waals surface area (Å²) in [7, 11) is -5.39. The predicted octanol–water partition coefficient (Wildman–Crippen LogP) is -4.12. The molecule has 0 aromatic heterocycles. The van der Waals surface area contributed by atoms with E-state index in [0.29, 0.717) is 0 Å². The van der Waals surface area contributed by atoms with E-state index in [4.69, 9.17) is 19.2 Å². The molecule has 8 heavy (non-hydrogen) atoms. The molecule has 0 saturated heterocycles. The molecule has 0 atom stereocenters. The quantitative estimate of drug-likeness (QED) is 0.312. The van der Waals surface area contributed by atoms with Crippen molar-refractivity contribution in [3.8, 4) is 0 Å². The molecule has 0 saturated carbocycles. The van der Waals surface area contributed by atoms with Crippen molar-refractivity contribution >= 4 is 62.9 Å². The van der Waals surface area contributed by atoms with Gasteiger partial charge in [-0.15, -0.1) is 0 Å². The first-order valence-electron chi connectivity index (χ1n) is 0.730. The van der Waals surface area contributed by atoms with Crippen LogP contribution < -0.4 is 14.7 Å². The standard InChI is InChI=1S/Al.Ca.H3O4P.Zn.2H/c;;1-5(2,3)4;;;/h;;(H3,1,2,3,4);;;/q+3;;;;;/p-3. The van der Waals surface area contributed by atoms with Gasteiger partial charge in [-0.05, 0) is 0 Å². The minimum atomic E-state index is -5.39. The van der Waals surface area contributed by atoms with Gasteiger partial charge in [-0.2, -0.15) is 7.82 Å². The number of hydrogen-bond acceptors (Lipinski definition) is 4. The molecule has 4 nitrogen and oxygen atoms in total. The van der Waals surface area contributed by atoms with Crippen LogP contribution in [0.5, 0.6) is 0 Å². The maximum Gasteiger partial charge on any atom is 0 e. The molecule has 0 aliphatic heterocycles. The normalized spacial score (nSPS) is 7.38. The van der Waals surface area contributed by atoms with Crippen molar-refractivity contribution in [3.05, 3.63) is 0 Å². The second kappa shape index (κ2) is 9.53. The summed E-state index contributed by atoms with van der Waals surface area (Å²) < 4.78 is 8.55. The SMILES string of the molecule is O=P([O-])([O-])[O-].[Al+3].[CaH2].[Zn]. The van der Waals surface area contributed by atoms with E-state index >= 15 is 0 Å². The van der Waals surface area contributed by atoms with E-state index in [2.05, 4.69) is 0 Å². The van der Waals surface area contributed by atoms with Crippen molar-refractivity contribution < 1.29 is 38.7 Å². The summed E-state index contributed by atoms with van der Waals surface area (Å²) in [4.78, 5) is 25.6. The molecule has 38 valence electrons. The van der Waals surface area contributed by atoms with Crippen molar-refractivity contribution in [2.24, 2.45) is 0 Å². The van der Waals surface area contributed by atoms with Gasteiger partial charge in [-0.3, -0.25) is 0 Å². The second-order valence-corrected chi connectivity index (χ2v) is 1.34. The fourth-order valence-electron chi connectivity index (χ4n) is 0. The van der Waals surface area contributed by atoms with E-state index in [0.717, 1.165) is 0 Å². The fraction of sp³-hybridized carbons (Fsp3) is 0. The van der Waals surface area contributed by atoms with Crippen LogP contribution in [0.15, 0.2) is 0 Å². The molecule has 0 amide bonds. The Balaban J connectivity index is -0.0000000267. The Bertz CT molecular complexity index is 62.2. The minimum absolute atomic E-state index is 0. The average Bonchev–Trinajstić information content (AvgIpc) is 0.722. The summed E-state index contributed by atoms with van der Waals surface area (Å²) in [6.07, 6.45) is 0. The van der Waals surface area contributed by atoms with Gasteiger partial charge < -0.3 is 19.2 Å². The molecule has 0 fully saturated rings. The van der Waals surface area contributed by atoms with Crippen LogP contribution in [0.3, 0.4) is 0 Å². The van der Waals surface area contributed by atoms with Crippen LogP contribution in [0.2, 0.25) is 0 Å². The van der Waals surface area contributed by atoms with Gasteiger partial charge in [-0.1, -0.05) is 0 Å². The van der Waals surface area contributed by atoms with Crippen molar-refractivity contribution in [1.82, 2.24) is 0 Å². The van der Waals surface area contributed by atoms with Crippen molar-refractivity contribution in [3.63, 3.8) is 0 Å². The third-order valence-electron chi connectivity index (χ3n) is 0. The van der Waals surface area contributed by atoms with Crippen LogP contribution in [-0.4, -0.2) is 55.1 Å². The second-order valence-electron chi connectivity index (χ2n) is 0.447. The number of hydrogen-bond donors (Lipinski definition) is 0. The molecule has 0 aromatic rings. The third-order valence-corrected chi connectivity index (χ3v) is 0. The molecular weight excluding hydrogens is 227 g/mol. The van der Waals surface area contributed by atoms with E-state index in [1.165, 1.54) is 0 Å². The summed E-state index contributed by atoms with van der Waals surface area (Å²) in [6.45, 7) is 0. The molecule has 8 heteroatoms. The monoisotopic (exact) mass is 228 g/mol. The molecule has 0 unspecified atom stereocenters. The van der Waals surface area contributed by atoms with E-state index < -0.39 is 7.82 Å². The smallest absolute Gasteiger partial charge is 0 e. The largest absolute Gasteiger partial charge is 0 e. The zero-order valence-electron chi connectivity index (χ0n) is 3.36. The predicted molar refractivity (Wildman–Crippen MR) is 21.9 cm³/mol. The first-order valence-corrected chi connectivity index (χ1v) is 2.19. The van der Waals surface area contributed by atoms with Crippen molar-refractivity contribution in [2.45, 2.75) is 0 Å². The molecule has 0 N–H and O–H groups in total. The molecule has 0 aliphatic carbocycles. The average molecular weight is 229 g/mol. The minimum Gasteiger partial charge on any atom is 0 e.